The van der Waals surface area contributed by atoms with Crippen LogP contribution in [0.1, 0.15) is 27.2 Å². The third-order valence-electron chi connectivity index (χ3n) is 2.63. The zero-order chi connectivity index (χ0) is 12.1. The van der Waals surface area contributed by atoms with Crippen LogP contribution in [0.5, 0.6) is 0 Å². The molecule has 0 fully saturated rings. The molecule has 2 rings (SSSR count). The lowest BCUT2D eigenvalue weighted by Gasteiger charge is -2.02. The monoisotopic (exact) mass is 245 g/mol. The average Bonchev–Trinajstić information content (AvgIpc) is 2.90. The van der Waals surface area contributed by atoms with Gasteiger partial charge in [-0.3, -0.25) is 4.79 Å². The lowest BCUT2D eigenvalue weighted by Crippen LogP contribution is -2.01. The van der Waals surface area contributed by atoms with Crippen LogP contribution in [0.3, 0.4) is 0 Å². The maximum atomic E-state index is 12.0. The summed E-state index contributed by atoms with van der Waals surface area (Å²) >= 11 is 1.48. The van der Waals surface area contributed by atoms with E-state index in [4.69, 9.17) is 5.73 Å². The second-order valence-corrected chi connectivity index (χ2v) is 4.84. The molecule has 0 spiro atoms. The van der Waals surface area contributed by atoms with Crippen molar-refractivity contribution < 1.29 is 4.79 Å². The Kier molecular flexibility index (Phi) is 4.07. The van der Waals surface area contributed by atoms with Crippen molar-refractivity contribution in [3.8, 4) is 0 Å². The fourth-order valence-corrected chi connectivity index (χ4v) is 2.36. The second-order valence-electron chi connectivity index (χ2n) is 3.90. The Morgan fingerprint density at radius 2 is 1.94 bits per heavy atom. The minimum Gasteiger partial charge on any atom is -0.330 e. The quantitative estimate of drug-likeness (QED) is 0.823. The highest BCUT2D eigenvalue weighted by Gasteiger charge is 2.09. The summed E-state index contributed by atoms with van der Waals surface area (Å²) < 4.78 is 0. The summed E-state index contributed by atoms with van der Waals surface area (Å²) in [5, 5.41) is 1.92. The lowest BCUT2D eigenvalue weighted by molar-refractivity contribution is 0.104. The first-order valence-electron chi connectivity index (χ1n) is 5.68. The van der Waals surface area contributed by atoms with Crippen LogP contribution in [-0.4, -0.2) is 12.3 Å². The summed E-state index contributed by atoms with van der Waals surface area (Å²) in [6, 6.07) is 11.6. The molecule has 0 radical (unpaired) electrons. The van der Waals surface area contributed by atoms with Crippen LogP contribution in [-0.2, 0) is 6.42 Å². The van der Waals surface area contributed by atoms with Gasteiger partial charge in [0.05, 0.1) is 4.88 Å². The minimum atomic E-state index is 0.102. The number of nitrogens with two attached hydrogens (primary N) is 1. The molecule has 0 bridgehead atoms. The third-order valence-corrected chi connectivity index (χ3v) is 3.50. The van der Waals surface area contributed by atoms with Gasteiger partial charge in [0.25, 0.3) is 0 Å². The molecular formula is C14H15NOS. The molecule has 2 nitrogen and oxygen atoms in total. The molecule has 0 unspecified atom stereocenters. The van der Waals surface area contributed by atoms with Crippen molar-refractivity contribution in [3.63, 3.8) is 0 Å². The van der Waals surface area contributed by atoms with E-state index in [-0.39, 0.29) is 5.78 Å². The first kappa shape index (κ1) is 12.0. The Bertz CT molecular complexity index is 473. The minimum absolute atomic E-state index is 0.102. The zero-order valence-corrected chi connectivity index (χ0v) is 10.4. The van der Waals surface area contributed by atoms with Gasteiger partial charge in [-0.2, -0.15) is 0 Å². The molecule has 0 aliphatic rings. The SMILES string of the molecule is NCCCc1ccc(C(=O)c2cccs2)cc1. The summed E-state index contributed by atoms with van der Waals surface area (Å²) in [5.74, 6) is 0.102. The molecule has 2 N–H and O–H groups in total. The van der Waals surface area contributed by atoms with E-state index < -0.39 is 0 Å². The first-order valence-corrected chi connectivity index (χ1v) is 6.56. The Balaban J connectivity index is 2.10. The highest BCUT2D eigenvalue weighted by Crippen LogP contribution is 2.16. The largest absolute Gasteiger partial charge is 0.330 e. The molecule has 0 aliphatic heterocycles. The molecular weight excluding hydrogens is 230 g/mol. The van der Waals surface area contributed by atoms with Gasteiger partial charge in [0, 0.05) is 5.56 Å². The van der Waals surface area contributed by atoms with Gasteiger partial charge in [0.2, 0.25) is 5.78 Å². The lowest BCUT2D eigenvalue weighted by atomic mass is 10.0. The molecule has 0 amide bonds. The van der Waals surface area contributed by atoms with Crippen molar-refractivity contribution in [2.24, 2.45) is 5.73 Å². The molecule has 2 aromatic rings. The molecule has 0 saturated carbocycles. The summed E-state index contributed by atoms with van der Waals surface area (Å²) in [7, 11) is 0. The average molecular weight is 245 g/mol. The van der Waals surface area contributed by atoms with E-state index in [0.717, 1.165) is 23.3 Å². The number of hydrogen-bond acceptors (Lipinski definition) is 3. The van der Waals surface area contributed by atoms with Crippen molar-refractivity contribution in [3.05, 3.63) is 57.8 Å². The van der Waals surface area contributed by atoms with Gasteiger partial charge >= 0.3 is 0 Å². The van der Waals surface area contributed by atoms with Crippen LogP contribution in [0.4, 0.5) is 0 Å². The van der Waals surface area contributed by atoms with Crippen LogP contribution in [0.25, 0.3) is 0 Å². The van der Waals surface area contributed by atoms with Crippen LogP contribution in [0.15, 0.2) is 41.8 Å². The van der Waals surface area contributed by atoms with Gasteiger partial charge < -0.3 is 5.73 Å². The highest BCUT2D eigenvalue weighted by molar-refractivity contribution is 7.12. The molecule has 0 atom stereocenters. The van der Waals surface area contributed by atoms with Crippen LogP contribution >= 0.6 is 11.3 Å². The van der Waals surface area contributed by atoms with Gasteiger partial charge in [-0.15, -0.1) is 11.3 Å². The maximum Gasteiger partial charge on any atom is 0.202 e. The Labute approximate surface area is 105 Å². The predicted octanol–water partition coefficient (Wildman–Crippen LogP) is 2.87. The molecule has 0 saturated heterocycles. The van der Waals surface area contributed by atoms with Gasteiger partial charge in [-0.25, -0.2) is 0 Å². The maximum absolute atomic E-state index is 12.0. The fraction of sp³-hybridized carbons (Fsp3) is 0.214. The van der Waals surface area contributed by atoms with E-state index in [1.54, 1.807) is 0 Å². The molecule has 88 valence electrons. The smallest absolute Gasteiger partial charge is 0.202 e. The Hall–Kier alpha value is -1.45. The summed E-state index contributed by atoms with van der Waals surface area (Å²) in [4.78, 5) is 12.8. The number of carbonyl (C=O) groups is 1. The third kappa shape index (κ3) is 3.02. The van der Waals surface area contributed by atoms with Crippen molar-refractivity contribution >= 4 is 17.1 Å². The standard InChI is InChI=1S/C14H15NOS/c15-9-1-3-11-5-7-12(8-6-11)14(16)13-4-2-10-17-13/h2,4-8,10H,1,3,9,15H2. The number of benzene rings is 1. The fourth-order valence-electron chi connectivity index (χ4n) is 1.68. The van der Waals surface area contributed by atoms with E-state index in [2.05, 4.69) is 0 Å². The van der Waals surface area contributed by atoms with Gasteiger partial charge in [0.1, 0.15) is 0 Å². The molecule has 1 aromatic carbocycles. The predicted molar refractivity (Wildman–Crippen MR) is 71.6 cm³/mol. The number of thiophene rings is 1. The Morgan fingerprint density at radius 3 is 2.53 bits per heavy atom. The van der Waals surface area contributed by atoms with E-state index in [9.17, 15) is 4.79 Å². The molecule has 0 aliphatic carbocycles. The summed E-state index contributed by atoms with van der Waals surface area (Å²) in [6.45, 7) is 0.704. The summed E-state index contributed by atoms with van der Waals surface area (Å²) in [5.41, 5.74) is 7.45. The van der Waals surface area contributed by atoms with Crippen LogP contribution < -0.4 is 5.73 Å². The number of rotatable bonds is 5. The van der Waals surface area contributed by atoms with E-state index in [1.165, 1.54) is 16.9 Å². The second kappa shape index (κ2) is 5.75. The number of carbonyl (C=O) groups excluding carboxylic acids is 1. The van der Waals surface area contributed by atoms with Gasteiger partial charge in [-0.1, -0.05) is 30.3 Å². The van der Waals surface area contributed by atoms with Gasteiger partial charge in [0.15, 0.2) is 0 Å². The molecule has 1 aromatic heterocycles. The van der Waals surface area contributed by atoms with E-state index in [0.29, 0.717) is 6.54 Å². The Morgan fingerprint density at radius 1 is 1.18 bits per heavy atom. The number of ketones is 1. The van der Waals surface area contributed by atoms with Crippen molar-refractivity contribution in [2.75, 3.05) is 6.54 Å². The number of aryl methyl sites for hydroxylation is 1. The van der Waals surface area contributed by atoms with Crippen LogP contribution in [0.2, 0.25) is 0 Å². The first-order chi connectivity index (χ1) is 8.31. The van der Waals surface area contributed by atoms with Crippen molar-refractivity contribution in [2.45, 2.75) is 12.8 Å². The summed E-state index contributed by atoms with van der Waals surface area (Å²) in [6.07, 6.45) is 1.96. The molecule has 3 heteroatoms. The zero-order valence-electron chi connectivity index (χ0n) is 9.56. The molecule has 1 heterocycles. The van der Waals surface area contributed by atoms with Gasteiger partial charge in [-0.05, 0) is 36.4 Å². The molecule has 17 heavy (non-hydrogen) atoms. The van der Waals surface area contributed by atoms with Crippen molar-refractivity contribution in [1.82, 2.24) is 0 Å². The van der Waals surface area contributed by atoms with E-state index in [1.807, 2.05) is 41.8 Å². The number of hydrogen-bond donors (Lipinski definition) is 1. The van der Waals surface area contributed by atoms with Crippen molar-refractivity contribution in [1.29, 1.82) is 0 Å². The van der Waals surface area contributed by atoms with E-state index >= 15 is 0 Å². The van der Waals surface area contributed by atoms with Crippen LogP contribution in [0, 0.1) is 0 Å². The topological polar surface area (TPSA) is 43.1 Å². The highest BCUT2D eigenvalue weighted by atomic mass is 32.1. The normalized spacial score (nSPS) is 10.4.